The summed E-state index contributed by atoms with van der Waals surface area (Å²) in [6.45, 7) is 0. The van der Waals surface area contributed by atoms with E-state index < -0.39 is 22.1 Å². The summed E-state index contributed by atoms with van der Waals surface area (Å²) in [5, 5.41) is 18.9. The van der Waals surface area contributed by atoms with Crippen LogP contribution in [0.3, 0.4) is 0 Å². The minimum Gasteiger partial charge on any atom is -0.455 e. The second kappa shape index (κ2) is 5.85. The van der Waals surface area contributed by atoms with Gasteiger partial charge in [-0.25, -0.2) is 12.8 Å². The van der Waals surface area contributed by atoms with E-state index in [0.29, 0.717) is 11.1 Å². The highest BCUT2D eigenvalue weighted by Gasteiger charge is 2.37. The minimum atomic E-state index is -3.62. The van der Waals surface area contributed by atoms with Gasteiger partial charge in [-0.2, -0.15) is 5.26 Å². The summed E-state index contributed by atoms with van der Waals surface area (Å²) in [4.78, 5) is 3.76. The first-order valence-corrected chi connectivity index (χ1v) is 8.91. The van der Waals surface area contributed by atoms with Crippen LogP contribution in [0, 0.1) is 11.3 Å². The molecule has 1 aliphatic rings. The Bertz CT molecular complexity index is 953. The van der Waals surface area contributed by atoms with Gasteiger partial charge in [0.2, 0.25) is 0 Å². The van der Waals surface area contributed by atoms with Gasteiger partial charge < -0.3 is 9.84 Å². The second-order valence-corrected chi connectivity index (χ2v) is 7.50. The van der Waals surface area contributed by atoms with E-state index in [0.717, 1.165) is 6.26 Å². The van der Waals surface area contributed by atoms with Crippen LogP contribution in [0.1, 0.15) is 22.8 Å². The number of pyridine rings is 1. The standard InChI is InChI=1S/C16H13FN2O4S/c1-24(21,22)14-3-2-13(11-5-12(17)16(20)15(11)14)23-10-4-9(6-18)7-19-8-10/h2-4,7-8,12,16,20H,5H2,1H3. The van der Waals surface area contributed by atoms with Gasteiger partial charge in [-0.05, 0) is 12.1 Å². The summed E-state index contributed by atoms with van der Waals surface area (Å²) in [5.41, 5.74) is 0.632. The van der Waals surface area contributed by atoms with Crippen LogP contribution >= 0.6 is 0 Å². The molecule has 2 atom stereocenters. The zero-order valence-corrected chi connectivity index (χ0v) is 13.4. The molecule has 1 aromatic heterocycles. The van der Waals surface area contributed by atoms with Gasteiger partial charge in [-0.3, -0.25) is 4.98 Å². The van der Waals surface area contributed by atoms with Crippen LogP contribution in [-0.2, 0) is 16.3 Å². The van der Waals surface area contributed by atoms with Crippen molar-refractivity contribution in [1.29, 1.82) is 5.26 Å². The lowest BCUT2D eigenvalue weighted by atomic mass is 10.1. The van der Waals surface area contributed by atoms with E-state index in [9.17, 15) is 17.9 Å². The van der Waals surface area contributed by atoms with E-state index >= 15 is 0 Å². The largest absolute Gasteiger partial charge is 0.455 e. The third-order valence-corrected chi connectivity index (χ3v) is 4.94. The third-order valence-electron chi connectivity index (χ3n) is 3.78. The van der Waals surface area contributed by atoms with Crippen molar-refractivity contribution in [2.24, 2.45) is 0 Å². The molecule has 2 unspecified atom stereocenters. The molecule has 1 aliphatic carbocycles. The van der Waals surface area contributed by atoms with E-state index in [4.69, 9.17) is 10.00 Å². The lowest BCUT2D eigenvalue weighted by molar-refractivity contribution is 0.0907. The van der Waals surface area contributed by atoms with Crippen molar-refractivity contribution in [2.75, 3.05) is 6.26 Å². The van der Waals surface area contributed by atoms with Gasteiger partial charge in [0.15, 0.2) is 9.84 Å². The average Bonchev–Trinajstić information content (AvgIpc) is 2.83. The Labute approximate surface area is 138 Å². The number of benzene rings is 1. The molecule has 24 heavy (non-hydrogen) atoms. The molecule has 1 heterocycles. The molecule has 0 amide bonds. The normalized spacial score (nSPS) is 19.6. The van der Waals surface area contributed by atoms with Crippen molar-refractivity contribution >= 4 is 9.84 Å². The molecule has 1 aromatic carbocycles. The Morgan fingerprint density at radius 1 is 1.42 bits per heavy atom. The molecular formula is C16H13FN2O4S. The average molecular weight is 348 g/mol. The number of sulfone groups is 1. The predicted octanol–water partition coefficient (Wildman–Crippen LogP) is 2.08. The van der Waals surface area contributed by atoms with E-state index in [2.05, 4.69) is 4.98 Å². The van der Waals surface area contributed by atoms with Gasteiger partial charge in [-0.15, -0.1) is 0 Å². The highest BCUT2D eigenvalue weighted by molar-refractivity contribution is 7.90. The number of rotatable bonds is 3. The zero-order valence-electron chi connectivity index (χ0n) is 12.6. The molecule has 0 spiro atoms. The lowest BCUT2D eigenvalue weighted by Gasteiger charge is -2.14. The van der Waals surface area contributed by atoms with Crippen LogP contribution in [0.4, 0.5) is 4.39 Å². The Hall–Kier alpha value is -2.50. The number of alkyl halides is 1. The van der Waals surface area contributed by atoms with Crippen LogP contribution in [0.25, 0.3) is 0 Å². The lowest BCUT2D eigenvalue weighted by Crippen LogP contribution is -2.10. The van der Waals surface area contributed by atoms with Crippen LogP contribution in [0.2, 0.25) is 0 Å². The molecule has 0 bridgehead atoms. The van der Waals surface area contributed by atoms with E-state index in [-0.39, 0.29) is 28.4 Å². The Kier molecular flexibility index (Phi) is 3.99. The van der Waals surface area contributed by atoms with Crippen LogP contribution < -0.4 is 4.74 Å². The molecule has 0 aliphatic heterocycles. The fraction of sp³-hybridized carbons (Fsp3) is 0.250. The number of ether oxygens (including phenoxy) is 1. The number of hydrogen-bond acceptors (Lipinski definition) is 6. The summed E-state index contributed by atoms with van der Waals surface area (Å²) in [5.74, 6) is 0.494. The summed E-state index contributed by atoms with van der Waals surface area (Å²) in [6, 6.07) is 6.09. The summed E-state index contributed by atoms with van der Waals surface area (Å²) >= 11 is 0. The van der Waals surface area contributed by atoms with E-state index in [1.165, 1.54) is 30.6 Å². The number of nitriles is 1. The van der Waals surface area contributed by atoms with Crippen molar-refractivity contribution in [1.82, 2.24) is 4.98 Å². The van der Waals surface area contributed by atoms with Crippen molar-refractivity contribution in [2.45, 2.75) is 23.6 Å². The van der Waals surface area contributed by atoms with Gasteiger partial charge in [-0.1, -0.05) is 0 Å². The van der Waals surface area contributed by atoms with Crippen molar-refractivity contribution < 1.29 is 22.7 Å². The Balaban J connectivity index is 2.10. The van der Waals surface area contributed by atoms with Crippen molar-refractivity contribution in [3.63, 3.8) is 0 Å². The summed E-state index contributed by atoms with van der Waals surface area (Å²) in [6.07, 6.45) is 0.481. The van der Waals surface area contributed by atoms with Crippen molar-refractivity contribution in [3.05, 3.63) is 47.3 Å². The molecule has 0 saturated carbocycles. The summed E-state index contributed by atoms with van der Waals surface area (Å²) in [7, 11) is -3.62. The Morgan fingerprint density at radius 3 is 2.83 bits per heavy atom. The number of nitrogens with zero attached hydrogens (tertiary/aromatic N) is 2. The maximum Gasteiger partial charge on any atom is 0.175 e. The minimum absolute atomic E-state index is 0.0342. The predicted molar refractivity (Wildman–Crippen MR) is 82.1 cm³/mol. The number of aliphatic hydroxyl groups is 1. The van der Waals surface area contributed by atoms with E-state index in [1.807, 2.05) is 6.07 Å². The van der Waals surface area contributed by atoms with E-state index in [1.54, 1.807) is 0 Å². The molecule has 8 heteroatoms. The molecular weight excluding hydrogens is 335 g/mol. The fourth-order valence-electron chi connectivity index (χ4n) is 2.73. The van der Waals surface area contributed by atoms with Gasteiger partial charge in [0.1, 0.15) is 29.8 Å². The van der Waals surface area contributed by atoms with Crippen LogP contribution in [0.5, 0.6) is 11.5 Å². The topological polar surface area (TPSA) is 100 Å². The maximum atomic E-state index is 14.0. The molecule has 124 valence electrons. The van der Waals surface area contributed by atoms with Gasteiger partial charge in [0, 0.05) is 36.1 Å². The fourth-order valence-corrected chi connectivity index (χ4v) is 3.69. The number of aromatic nitrogens is 1. The number of aliphatic hydroxyl groups excluding tert-OH is 1. The highest BCUT2D eigenvalue weighted by atomic mass is 32.2. The number of fused-ring (bicyclic) bond motifs is 1. The first kappa shape index (κ1) is 16.4. The monoisotopic (exact) mass is 348 g/mol. The molecule has 2 aromatic rings. The third kappa shape index (κ3) is 2.84. The maximum absolute atomic E-state index is 14.0. The van der Waals surface area contributed by atoms with Gasteiger partial charge >= 0.3 is 0 Å². The highest BCUT2D eigenvalue weighted by Crippen LogP contribution is 2.43. The molecule has 0 fully saturated rings. The molecule has 1 N–H and O–H groups in total. The first-order chi connectivity index (χ1) is 11.3. The molecule has 0 radical (unpaired) electrons. The first-order valence-electron chi connectivity index (χ1n) is 7.02. The van der Waals surface area contributed by atoms with Crippen LogP contribution in [-0.4, -0.2) is 30.9 Å². The summed E-state index contributed by atoms with van der Waals surface area (Å²) < 4.78 is 43.4. The number of hydrogen-bond donors (Lipinski definition) is 1. The van der Waals surface area contributed by atoms with Crippen molar-refractivity contribution in [3.8, 4) is 17.6 Å². The second-order valence-electron chi connectivity index (χ2n) is 5.51. The van der Waals surface area contributed by atoms with Gasteiger partial charge in [0.05, 0.1) is 16.7 Å². The number of halogens is 1. The van der Waals surface area contributed by atoms with Gasteiger partial charge in [0.25, 0.3) is 0 Å². The molecule has 0 saturated heterocycles. The smallest absolute Gasteiger partial charge is 0.175 e. The molecule has 3 rings (SSSR count). The Morgan fingerprint density at radius 2 is 2.17 bits per heavy atom. The zero-order chi connectivity index (χ0) is 17.5. The quantitative estimate of drug-likeness (QED) is 0.911. The SMILES string of the molecule is CS(=O)(=O)c1ccc(Oc2cncc(C#N)c2)c2c1C(O)C(F)C2. The molecule has 6 nitrogen and oxygen atoms in total. The van der Waals surface area contributed by atoms with Crippen LogP contribution in [0.15, 0.2) is 35.5 Å².